The van der Waals surface area contributed by atoms with Gasteiger partial charge in [0, 0.05) is 31.1 Å². The quantitative estimate of drug-likeness (QED) is 0.182. The van der Waals surface area contributed by atoms with Gasteiger partial charge in [-0.1, -0.05) is 133 Å². The lowest BCUT2D eigenvalue weighted by Gasteiger charge is -2.08. The van der Waals surface area contributed by atoms with Crippen molar-refractivity contribution in [3.63, 3.8) is 0 Å². The molecule has 0 bridgehead atoms. The minimum Gasteiger partial charge on any atom is -0.452 e. The number of benzene rings is 7. The fourth-order valence-electron chi connectivity index (χ4n) is 5.61. The predicted molar refractivity (Wildman–Crippen MR) is 209 cm³/mol. The molecule has 0 aliphatic heterocycles. The van der Waals surface area contributed by atoms with Crippen molar-refractivity contribution in [2.75, 3.05) is 0 Å². The highest BCUT2D eigenvalue weighted by molar-refractivity contribution is 7.26. The van der Waals surface area contributed by atoms with Gasteiger partial charge in [0.25, 0.3) is 0 Å². The van der Waals surface area contributed by atoms with E-state index in [1.54, 1.807) is 0 Å². The fourth-order valence-corrected chi connectivity index (χ4v) is 6.69. The standard InChI is InChI=1S/C46H28N2OS/c1-2-9-29(10-3-1)30-19-21-31(22-20-30)32-11-6-12-33(25-32)34-23-24-41-40(27-34)44-45(49-41)43(47-28-48-44)36-14-7-13-35(26-36)37-16-8-17-39-38-15-4-5-18-42(38)50-46(37)39/h1-28H/i1D,2D,3D,4D,5D,6D,7D,8D,9D,10D,11D,12D,14D,15D,16D,17D,18D,19D,20D,21D,22D,25D,26D. The number of thiophene rings is 1. The van der Waals surface area contributed by atoms with Crippen LogP contribution in [0.5, 0.6) is 0 Å². The molecule has 3 aromatic heterocycles. The molecule has 0 aliphatic carbocycles. The number of nitrogens with zero attached hydrogens (tertiary/aromatic N) is 2. The first-order valence-corrected chi connectivity index (χ1v) is 15.7. The van der Waals surface area contributed by atoms with Gasteiger partial charge in [-0.25, -0.2) is 9.97 Å². The van der Waals surface area contributed by atoms with Crippen LogP contribution in [0.1, 0.15) is 31.5 Å². The lowest BCUT2D eigenvalue weighted by atomic mass is 9.96. The Morgan fingerprint density at radius 1 is 0.500 bits per heavy atom. The number of hydrogen-bond donors (Lipinski definition) is 0. The zero-order valence-corrected chi connectivity index (χ0v) is 25.9. The van der Waals surface area contributed by atoms with Crippen LogP contribution in [-0.2, 0) is 0 Å². The summed E-state index contributed by atoms with van der Waals surface area (Å²) in [5.41, 5.74) is -3.30. The third-order valence-electron chi connectivity index (χ3n) is 7.91. The average molecular weight is 680 g/mol. The van der Waals surface area contributed by atoms with Crippen LogP contribution in [0.15, 0.2) is 174 Å². The highest BCUT2D eigenvalue weighted by atomic mass is 32.1. The lowest BCUT2D eigenvalue weighted by Crippen LogP contribution is -1.88. The Kier molecular flexibility index (Phi) is 3.23. The fraction of sp³-hybridized carbons (Fsp3) is 0. The maximum absolute atomic E-state index is 9.54. The second-order valence-electron chi connectivity index (χ2n) is 10.8. The van der Waals surface area contributed by atoms with E-state index < -0.39 is 161 Å². The Bertz CT molecular complexity index is 4150. The van der Waals surface area contributed by atoms with Gasteiger partial charge >= 0.3 is 0 Å². The zero-order valence-electron chi connectivity index (χ0n) is 48.1. The summed E-state index contributed by atoms with van der Waals surface area (Å²) in [6.45, 7) is 0. The third kappa shape index (κ3) is 4.80. The molecule has 0 spiro atoms. The molecule has 4 heteroatoms. The van der Waals surface area contributed by atoms with E-state index in [2.05, 4.69) is 9.97 Å². The molecule has 0 N–H and O–H groups in total. The van der Waals surface area contributed by atoms with Gasteiger partial charge in [-0.2, -0.15) is 0 Å². The van der Waals surface area contributed by atoms with Gasteiger partial charge in [0.05, 0.1) is 31.5 Å². The van der Waals surface area contributed by atoms with Gasteiger partial charge in [0.15, 0.2) is 5.58 Å². The van der Waals surface area contributed by atoms with Crippen molar-refractivity contribution >= 4 is 53.6 Å². The van der Waals surface area contributed by atoms with E-state index in [0.29, 0.717) is 0 Å². The summed E-state index contributed by atoms with van der Waals surface area (Å²) in [5, 5.41) is 0.107. The Hall–Kier alpha value is -6.36. The van der Waals surface area contributed by atoms with Crippen molar-refractivity contribution in [3.05, 3.63) is 170 Å². The molecule has 3 heterocycles. The van der Waals surface area contributed by atoms with E-state index in [1.807, 2.05) is 0 Å². The topological polar surface area (TPSA) is 38.9 Å². The Morgan fingerprint density at radius 2 is 1.18 bits per heavy atom. The highest BCUT2D eigenvalue weighted by Crippen LogP contribution is 2.41. The first-order valence-electron chi connectivity index (χ1n) is 26.3. The highest BCUT2D eigenvalue weighted by Gasteiger charge is 2.17. The maximum atomic E-state index is 9.54. The van der Waals surface area contributed by atoms with Crippen molar-refractivity contribution in [2.24, 2.45) is 0 Å². The predicted octanol–water partition coefficient (Wildman–Crippen LogP) is 13.1. The van der Waals surface area contributed by atoms with Crippen molar-refractivity contribution in [1.82, 2.24) is 9.97 Å². The minimum atomic E-state index is -0.856. The molecule has 3 nitrogen and oxygen atoms in total. The second kappa shape index (κ2) is 11.7. The van der Waals surface area contributed by atoms with Gasteiger partial charge in [-0.15, -0.1) is 11.3 Å². The molecule has 10 aromatic rings. The molecule has 0 unspecified atom stereocenters. The molecule has 0 radical (unpaired) electrons. The maximum Gasteiger partial charge on any atom is 0.180 e. The van der Waals surface area contributed by atoms with Gasteiger partial charge in [0.2, 0.25) is 0 Å². The van der Waals surface area contributed by atoms with Crippen LogP contribution in [0.3, 0.4) is 0 Å². The Balaban J connectivity index is 1.16. The first-order chi connectivity index (χ1) is 34.3. The smallest absolute Gasteiger partial charge is 0.180 e. The summed E-state index contributed by atoms with van der Waals surface area (Å²) in [7, 11) is 0. The minimum absolute atomic E-state index is 0.0453. The second-order valence-corrected chi connectivity index (χ2v) is 11.8. The van der Waals surface area contributed by atoms with E-state index in [9.17, 15) is 2.74 Å². The normalized spacial score (nSPS) is 18.0. The molecule has 0 fully saturated rings. The number of rotatable bonds is 5. The van der Waals surface area contributed by atoms with Crippen molar-refractivity contribution < 1.29 is 35.9 Å². The van der Waals surface area contributed by atoms with E-state index in [-0.39, 0.29) is 75.8 Å². The molecular formula is C46H28N2OS. The van der Waals surface area contributed by atoms with Crippen LogP contribution in [-0.4, -0.2) is 9.97 Å². The summed E-state index contributed by atoms with van der Waals surface area (Å²) in [6, 6.07) is -9.79. The summed E-state index contributed by atoms with van der Waals surface area (Å²) >= 11 is 0.834. The van der Waals surface area contributed by atoms with Crippen molar-refractivity contribution in [1.29, 1.82) is 0 Å². The molecule has 7 aromatic carbocycles. The molecular weight excluding hydrogens is 629 g/mol. The van der Waals surface area contributed by atoms with Gasteiger partial charge in [-0.3, -0.25) is 0 Å². The largest absolute Gasteiger partial charge is 0.452 e. The molecule has 50 heavy (non-hydrogen) atoms. The van der Waals surface area contributed by atoms with Crippen LogP contribution >= 0.6 is 11.3 Å². The summed E-state index contributed by atoms with van der Waals surface area (Å²) < 4.78 is 207. The number of hydrogen-bond acceptors (Lipinski definition) is 4. The van der Waals surface area contributed by atoms with Crippen LogP contribution < -0.4 is 0 Å². The number of furan rings is 1. The first kappa shape index (κ1) is 13.9. The summed E-state index contributed by atoms with van der Waals surface area (Å²) in [4.78, 5) is 8.77. The molecule has 0 saturated heterocycles. The zero-order chi connectivity index (χ0) is 53.0. The van der Waals surface area contributed by atoms with Gasteiger partial charge in [0.1, 0.15) is 23.1 Å². The molecule has 0 atom stereocenters. The molecule has 10 rings (SSSR count). The average Bonchev–Trinajstić information content (AvgIpc) is 3.95. The summed E-state index contributed by atoms with van der Waals surface area (Å²) in [5.74, 6) is 0. The van der Waals surface area contributed by atoms with Crippen LogP contribution in [0.4, 0.5) is 0 Å². The van der Waals surface area contributed by atoms with E-state index in [0.717, 1.165) is 23.7 Å². The summed E-state index contributed by atoms with van der Waals surface area (Å²) in [6.07, 6.45) is 1.09. The van der Waals surface area contributed by atoms with Crippen LogP contribution in [0.2, 0.25) is 0 Å². The van der Waals surface area contributed by atoms with E-state index in [1.165, 1.54) is 18.2 Å². The molecule has 234 valence electrons. The number of fused-ring (bicyclic) bond motifs is 6. The van der Waals surface area contributed by atoms with E-state index >= 15 is 0 Å². The Morgan fingerprint density at radius 3 is 2.06 bits per heavy atom. The molecule has 0 saturated carbocycles. The van der Waals surface area contributed by atoms with Crippen LogP contribution in [0, 0.1) is 0 Å². The van der Waals surface area contributed by atoms with Gasteiger partial charge < -0.3 is 4.42 Å². The monoisotopic (exact) mass is 679 g/mol. The lowest BCUT2D eigenvalue weighted by molar-refractivity contribution is 0.667. The molecule has 0 aliphatic rings. The van der Waals surface area contributed by atoms with Crippen molar-refractivity contribution in [2.45, 2.75) is 0 Å². The number of aromatic nitrogens is 2. The van der Waals surface area contributed by atoms with E-state index in [4.69, 9.17) is 33.2 Å². The molecule has 0 amide bonds. The Labute approximate surface area is 325 Å². The SMILES string of the molecule is [2H]c1cc(-c2c([2H])c([2H])c([2H])c3c2sc2c([2H])c([2H])c([2H])c([2H])c23)c([2H])c(-c2ncnc3c2oc2ccc(-c4c([2H])c([2H])c([2H])c(-c5c([2H])c([2H])c(-c6c([2H])c([2H])c([2H])c([2H])c6[2H])c([2H])c5[2H])c4[2H])cc23)c1[2H]. The third-order valence-corrected chi connectivity index (χ3v) is 9.03. The van der Waals surface area contributed by atoms with Crippen LogP contribution in [0.25, 0.3) is 98.0 Å². The van der Waals surface area contributed by atoms with Crippen molar-refractivity contribution in [3.8, 4) is 55.8 Å². The van der Waals surface area contributed by atoms with Gasteiger partial charge in [-0.05, 0) is 74.8 Å².